The minimum atomic E-state index is -0.940. The van der Waals surface area contributed by atoms with Crippen LogP contribution in [-0.2, 0) is 4.79 Å². The smallest absolute Gasteiger partial charge is 0.330 e. The van der Waals surface area contributed by atoms with Crippen LogP contribution in [0.4, 0.5) is 5.69 Å². The van der Waals surface area contributed by atoms with Gasteiger partial charge in [0.2, 0.25) is 0 Å². The zero-order valence-electron chi connectivity index (χ0n) is 10.7. The second-order valence-electron chi connectivity index (χ2n) is 4.45. The number of anilines is 1. The van der Waals surface area contributed by atoms with Gasteiger partial charge in [-0.05, 0) is 48.4 Å². The SMILES string of the molecule is Cc1ccc(C(Nc2ccc(Cl)cc2)C(=O)O)c(Br)c1. The Morgan fingerprint density at radius 1 is 1.25 bits per heavy atom. The maximum Gasteiger partial charge on any atom is 0.330 e. The third kappa shape index (κ3) is 3.52. The average Bonchev–Trinajstić information content (AvgIpc) is 2.39. The van der Waals surface area contributed by atoms with Crippen LogP contribution in [0, 0.1) is 6.92 Å². The van der Waals surface area contributed by atoms with E-state index in [9.17, 15) is 9.90 Å². The van der Waals surface area contributed by atoms with Gasteiger partial charge >= 0.3 is 5.97 Å². The van der Waals surface area contributed by atoms with Gasteiger partial charge in [-0.1, -0.05) is 39.7 Å². The number of aliphatic carboxylic acids is 1. The molecule has 0 bridgehead atoms. The second-order valence-corrected chi connectivity index (χ2v) is 5.74. The fourth-order valence-corrected chi connectivity index (χ4v) is 2.70. The third-order valence-electron chi connectivity index (χ3n) is 2.87. The van der Waals surface area contributed by atoms with Gasteiger partial charge in [-0.15, -0.1) is 0 Å². The first-order valence-electron chi connectivity index (χ1n) is 5.98. The van der Waals surface area contributed by atoms with Gasteiger partial charge in [0.25, 0.3) is 0 Å². The molecule has 104 valence electrons. The lowest BCUT2D eigenvalue weighted by Gasteiger charge is -2.18. The Bertz CT molecular complexity index is 628. The molecule has 0 aliphatic carbocycles. The van der Waals surface area contributed by atoms with E-state index in [4.69, 9.17) is 11.6 Å². The Morgan fingerprint density at radius 2 is 1.90 bits per heavy atom. The van der Waals surface area contributed by atoms with Crippen molar-refractivity contribution in [3.05, 3.63) is 63.1 Å². The predicted octanol–water partition coefficient (Wildman–Crippen LogP) is 4.65. The van der Waals surface area contributed by atoms with Crippen LogP contribution < -0.4 is 5.32 Å². The number of halogens is 2. The lowest BCUT2D eigenvalue weighted by Crippen LogP contribution is -2.21. The van der Waals surface area contributed by atoms with Gasteiger partial charge in [0.1, 0.15) is 0 Å². The summed E-state index contributed by atoms with van der Waals surface area (Å²) in [6.45, 7) is 1.96. The molecule has 0 amide bonds. The summed E-state index contributed by atoms with van der Waals surface area (Å²) >= 11 is 9.24. The van der Waals surface area contributed by atoms with E-state index in [-0.39, 0.29) is 0 Å². The Balaban J connectivity index is 2.31. The second kappa shape index (κ2) is 6.29. The topological polar surface area (TPSA) is 49.3 Å². The van der Waals surface area contributed by atoms with Crippen molar-refractivity contribution in [3.63, 3.8) is 0 Å². The first-order chi connectivity index (χ1) is 9.47. The highest BCUT2D eigenvalue weighted by Gasteiger charge is 2.22. The Hall–Kier alpha value is -1.52. The molecule has 2 aromatic rings. The van der Waals surface area contributed by atoms with Crippen molar-refractivity contribution in [3.8, 4) is 0 Å². The van der Waals surface area contributed by atoms with E-state index < -0.39 is 12.0 Å². The molecule has 3 nitrogen and oxygen atoms in total. The van der Waals surface area contributed by atoms with Crippen molar-refractivity contribution < 1.29 is 9.90 Å². The van der Waals surface area contributed by atoms with Crippen LogP contribution in [0.3, 0.4) is 0 Å². The number of carboxylic acids is 1. The normalized spacial score (nSPS) is 11.9. The summed E-state index contributed by atoms with van der Waals surface area (Å²) < 4.78 is 0.770. The molecule has 1 atom stereocenters. The molecule has 0 radical (unpaired) electrons. The number of hydrogen-bond acceptors (Lipinski definition) is 2. The quantitative estimate of drug-likeness (QED) is 0.840. The molecule has 0 aromatic heterocycles. The van der Waals surface area contributed by atoms with E-state index in [1.165, 1.54) is 0 Å². The maximum atomic E-state index is 11.5. The van der Waals surface area contributed by atoms with Gasteiger partial charge in [0, 0.05) is 15.2 Å². The van der Waals surface area contributed by atoms with Crippen LogP contribution in [-0.4, -0.2) is 11.1 Å². The van der Waals surface area contributed by atoms with E-state index >= 15 is 0 Å². The summed E-state index contributed by atoms with van der Waals surface area (Å²) in [6, 6.07) is 11.7. The lowest BCUT2D eigenvalue weighted by molar-refractivity contribution is -0.138. The van der Waals surface area contributed by atoms with Gasteiger partial charge in [-0.25, -0.2) is 4.79 Å². The molecule has 0 spiro atoms. The van der Waals surface area contributed by atoms with E-state index in [1.54, 1.807) is 30.3 Å². The van der Waals surface area contributed by atoms with Crippen molar-refractivity contribution in [2.24, 2.45) is 0 Å². The van der Waals surface area contributed by atoms with Crippen molar-refractivity contribution >= 4 is 39.2 Å². The predicted molar refractivity (Wildman–Crippen MR) is 84.3 cm³/mol. The summed E-state index contributed by atoms with van der Waals surface area (Å²) in [5.41, 5.74) is 2.45. The highest BCUT2D eigenvalue weighted by Crippen LogP contribution is 2.28. The first-order valence-corrected chi connectivity index (χ1v) is 7.15. The number of aryl methyl sites for hydroxylation is 1. The van der Waals surface area contributed by atoms with Gasteiger partial charge < -0.3 is 10.4 Å². The van der Waals surface area contributed by atoms with Crippen molar-refractivity contribution in [1.29, 1.82) is 0 Å². The number of carbonyl (C=O) groups is 1. The molecule has 20 heavy (non-hydrogen) atoms. The zero-order valence-corrected chi connectivity index (χ0v) is 13.1. The van der Waals surface area contributed by atoms with Gasteiger partial charge in [0.05, 0.1) is 0 Å². The molecular weight excluding hydrogens is 342 g/mol. The van der Waals surface area contributed by atoms with Crippen molar-refractivity contribution in [2.45, 2.75) is 13.0 Å². The summed E-state index contributed by atoms with van der Waals surface area (Å²) in [5, 5.41) is 13.0. The summed E-state index contributed by atoms with van der Waals surface area (Å²) in [4.78, 5) is 11.5. The van der Waals surface area contributed by atoms with Crippen LogP contribution in [0.25, 0.3) is 0 Å². The molecule has 0 fully saturated rings. The molecule has 0 aliphatic heterocycles. The summed E-state index contributed by atoms with van der Waals surface area (Å²) in [5.74, 6) is -0.940. The molecule has 0 saturated carbocycles. The van der Waals surface area contributed by atoms with E-state index in [0.29, 0.717) is 16.3 Å². The van der Waals surface area contributed by atoms with Crippen LogP contribution in [0.15, 0.2) is 46.9 Å². The molecule has 2 rings (SSSR count). The average molecular weight is 355 g/mol. The lowest BCUT2D eigenvalue weighted by atomic mass is 10.0. The molecule has 0 saturated heterocycles. The fourth-order valence-electron chi connectivity index (χ4n) is 1.85. The molecular formula is C15H13BrClNO2. The first kappa shape index (κ1) is 14.9. The molecule has 0 heterocycles. The number of nitrogens with one attached hydrogen (secondary N) is 1. The van der Waals surface area contributed by atoms with Gasteiger partial charge in [-0.3, -0.25) is 0 Å². The zero-order chi connectivity index (χ0) is 14.7. The molecule has 1 unspecified atom stereocenters. The minimum absolute atomic E-state index is 0.610. The third-order valence-corrected chi connectivity index (χ3v) is 3.81. The maximum absolute atomic E-state index is 11.5. The van der Waals surface area contributed by atoms with E-state index in [2.05, 4.69) is 21.2 Å². The molecule has 0 aliphatic rings. The number of hydrogen-bond donors (Lipinski definition) is 2. The largest absolute Gasteiger partial charge is 0.479 e. The van der Waals surface area contributed by atoms with Crippen LogP contribution >= 0.6 is 27.5 Å². The van der Waals surface area contributed by atoms with E-state index in [0.717, 1.165) is 10.0 Å². The Labute approximate surface area is 130 Å². The summed E-state index contributed by atoms with van der Waals surface area (Å²) in [7, 11) is 0. The Kier molecular flexibility index (Phi) is 4.68. The minimum Gasteiger partial charge on any atom is -0.479 e. The fraction of sp³-hybridized carbons (Fsp3) is 0.133. The highest BCUT2D eigenvalue weighted by atomic mass is 79.9. The number of rotatable bonds is 4. The molecule has 2 aromatic carbocycles. The highest BCUT2D eigenvalue weighted by molar-refractivity contribution is 9.10. The van der Waals surface area contributed by atoms with E-state index in [1.807, 2.05) is 19.1 Å². The number of carboxylic acid groups (broad SMARTS) is 1. The standard InChI is InChI=1S/C15H13BrClNO2/c1-9-2-7-12(13(16)8-9)14(15(19)20)18-11-5-3-10(17)4-6-11/h2-8,14,18H,1H3,(H,19,20). The monoisotopic (exact) mass is 353 g/mol. The van der Waals surface area contributed by atoms with Crippen LogP contribution in [0.5, 0.6) is 0 Å². The Morgan fingerprint density at radius 3 is 2.45 bits per heavy atom. The van der Waals surface area contributed by atoms with Gasteiger partial charge in [0.15, 0.2) is 6.04 Å². The molecule has 5 heteroatoms. The van der Waals surface area contributed by atoms with Crippen molar-refractivity contribution in [2.75, 3.05) is 5.32 Å². The molecule has 2 N–H and O–H groups in total. The van der Waals surface area contributed by atoms with Crippen molar-refractivity contribution in [1.82, 2.24) is 0 Å². The summed E-state index contributed by atoms with van der Waals surface area (Å²) in [6.07, 6.45) is 0. The number of benzene rings is 2. The van der Waals surface area contributed by atoms with Gasteiger partial charge in [-0.2, -0.15) is 0 Å². The van der Waals surface area contributed by atoms with Crippen LogP contribution in [0.1, 0.15) is 17.2 Å². The van der Waals surface area contributed by atoms with Crippen LogP contribution in [0.2, 0.25) is 5.02 Å².